The third-order valence-corrected chi connectivity index (χ3v) is 5.15. The van der Waals surface area contributed by atoms with Crippen LogP contribution in [0.2, 0.25) is 0 Å². The molecule has 27 heavy (non-hydrogen) atoms. The van der Waals surface area contributed by atoms with E-state index in [0.717, 1.165) is 77.9 Å². The molecular weight excluding hydrogens is 455 g/mol. The summed E-state index contributed by atoms with van der Waals surface area (Å²) in [4.78, 5) is 7.13. The van der Waals surface area contributed by atoms with Gasteiger partial charge in [-0.2, -0.15) is 0 Å². The first-order valence-electron chi connectivity index (χ1n) is 10.8. The minimum Gasteiger partial charge on any atom is -0.379 e. The van der Waals surface area contributed by atoms with Gasteiger partial charge in [-0.3, -0.25) is 9.89 Å². The molecule has 2 fully saturated rings. The molecule has 2 rings (SSSR count). The van der Waals surface area contributed by atoms with E-state index in [9.17, 15) is 0 Å². The Labute approximate surface area is 183 Å². The van der Waals surface area contributed by atoms with E-state index in [0.29, 0.717) is 6.10 Å². The third-order valence-electron chi connectivity index (χ3n) is 5.15. The van der Waals surface area contributed by atoms with Crippen LogP contribution < -0.4 is 10.6 Å². The highest BCUT2D eigenvalue weighted by atomic mass is 127. The van der Waals surface area contributed by atoms with Gasteiger partial charge in [0.15, 0.2) is 5.96 Å². The normalized spacial score (nSPS) is 20.0. The minimum absolute atomic E-state index is 0. The second-order valence-corrected chi connectivity index (χ2v) is 7.33. The molecule has 0 bridgehead atoms. The number of rotatable bonds is 10. The van der Waals surface area contributed by atoms with Gasteiger partial charge in [-0.05, 0) is 32.6 Å². The van der Waals surface area contributed by atoms with Crippen LogP contribution in [0.4, 0.5) is 0 Å². The molecule has 0 unspecified atom stereocenters. The van der Waals surface area contributed by atoms with Crippen molar-refractivity contribution in [2.24, 2.45) is 4.99 Å². The molecule has 1 aliphatic heterocycles. The number of hydrogen-bond acceptors (Lipinski definition) is 4. The SMILES string of the molecule is CCNC(=NCCCCOC1CCCCCC1)NCCN1CCOCC1.I. The maximum absolute atomic E-state index is 6.05. The van der Waals surface area contributed by atoms with Crippen molar-refractivity contribution in [3.05, 3.63) is 0 Å². The van der Waals surface area contributed by atoms with Crippen molar-refractivity contribution in [2.75, 3.05) is 59.1 Å². The molecule has 1 saturated heterocycles. The van der Waals surface area contributed by atoms with E-state index in [1.54, 1.807) is 0 Å². The fraction of sp³-hybridized carbons (Fsp3) is 0.950. The highest BCUT2D eigenvalue weighted by molar-refractivity contribution is 14.0. The topological polar surface area (TPSA) is 58.1 Å². The monoisotopic (exact) mass is 496 g/mol. The molecule has 2 aliphatic rings. The van der Waals surface area contributed by atoms with Crippen LogP contribution >= 0.6 is 24.0 Å². The molecule has 0 atom stereocenters. The summed E-state index contributed by atoms with van der Waals surface area (Å²) in [5, 5.41) is 6.78. The number of nitrogens with zero attached hydrogens (tertiary/aromatic N) is 2. The number of aliphatic imine (C=N–C) groups is 1. The first kappa shape index (κ1) is 24.9. The molecule has 0 radical (unpaired) electrons. The molecule has 7 heteroatoms. The zero-order chi connectivity index (χ0) is 18.3. The highest BCUT2D eigenvalue weighted by Crippen LogP contribution is 2.19. The molecule has 160 valence electrons. The Hall–Kier alpha value is -0.120. The summed E-state index contributed by atoms with van der Waals surface area (Å²) in [7, 11) is 0. The summed E-state index contributed by atoms with van der Waals surface area (Å²) in [6, 6.07) is 0. The summed E-state index contributed by atoms with van der Waals surface area (Å²) in [6.45, 7) is 10.5. The van der Waals surface area contributed by atoms with Gasteiger partial charge in [-0.1, -0.05) is 25.7 Å². The lowest BCUT2D eigenvalue weighted by atomic mass is 10.1. The Morgan fingerprint density at radius 1 is 1.07 bits per heavy atom. The predicted molar refractivity (Wildman–Crippen MR) is 123 cm³/mol. The van der Waals surface area contributed by atoms with Crippen molar-refractivity contribution in [1.82, 2.24) is 15.5 Å². The quantitative estimate of drug-likeness (QED) is 0.160. The van der Waals surface area contributed by atoms with Crippen molar-refractivity contribution < 1.29 is 9.47 Å². The first-order chi connectivity index (χ1) is 12.9. The predicted octanol–water partition coefficient (Wildman–Crippen LogP) is 3.01. The lowest BCUT2D eigenvalue weighted by Gasteiger charge is -2.26. The van der Waals surface area contributed by atoms with Gasteiger partial charge < -0.3 is 20.1 Å². The van der Waals surface area contributed by atoms with Crippen LogP contribution in [0.3, 0.4) is 0 Å². The van der Waals surface area contributed by atoms with Crippen molar-refractivity contribution >= 4 is 29.9 Å². The van der Waals surface area contributed by atoms with E-state index in [-0.39, 0.29) is 24.0 Å². The smallest absolute Gasteiger partial charge is 0.191 e. The summed E-state index contributed by atoms with van der Waals surface area (Å²) in [5.41, 5.74) is 0. The maximum Gasteiger partial charge on any atom is 0.191 e. The molecule has 0 spiro atoms. The number of nitrogens with one attached hydrogen (secondary N) is 2. The van der Waals surface area contributed by atoms with E-state index in [2.05, 4.69) is 22.5 Å². The Balaban J connectivity index is 0.00000364. The summed E-state index contributed by atoms with van der Waals surface area (Å²) in [5.74, 6) is 0.936. The third kappa shape index (κ3) is 12.1. The van der Waals surface area contributed by atoms with E-state index >= 15 is 0 Å². The Bertz CT molecular complexity index is 371. The zero-order valence-electron chi connectivity index (χ0n) is 17.2. The average Bonchev–Trinajstić information content (AvgIpc) is 2.94. The van der Waals surface area contributed by atoms with Gasteiger partial charge in [0.25, 0.3) is 0 Å². The molecule has 1 aliphatic carbocycles. The van der Waals surface area contributed by atoms with Crippen LogP contribution in [-0.4, -0.2) is 76.1 Å². The second-order valence-electron chi connectivity index (χ2n) is 7.33. The van der Waals surface area contributed by atoms with Crippen LogP contribution in [0.5, 0.6) is 0 Å². The lowest BCUT2D eigenvalue weighted by Crippen LogP contribution is -2.44. The molecular formula is C20H41IN4O2. The van der Waals surface area contributed by atoms with Crippen LogP contribution in [0.1, 0.15) is 58.3 Å². The molecule has 1 heterocycles. The average molecular weight is 496 g/mol. The van der Waals surface area contributed by atoms with E-state index in [1.165, 1.54) is 38.5 Å². The molecule has 0 aromatic heterocycles. The van der Waals surface area contributed by atoms with Crippen LogP contribution in [-0.2, 0) is 9.47 Å². The summed E-state index contributed by atoms with van der Waals surface area (Å²) < 4.78 is 11.4. The first-order valence-corrected chi connectivity index (χ1v) is 10.8. The fourth-order valence-corrected chi connectivity index (χ4v) is 3.56. The van der Waals surface area contributed by atoms with E-state index in [1.807, 2.05) is 0 Å². The largest absolute Gasteiger partial charge is 0.379 e. The van der Waals surface area contributed by atoms with Gasteiger partial charge in [0.05, 0.1) is 19.3 Å². The van der Waals surface area contributed by atoms with Crippen LogP contribution in [0.25, 0.3) is 0 Å². The molecule has 0 aromatic carbocycles. The van der Waals surface area contributed by atoms with Gasteiger partial charge in [0.1, 0.15) is 0 Å². The lowest BCUT2D eigenvalue weighted by molar-refractivity contribution is 0.0389. The Morgan fingerprint density at radius 3 is 2.52 bits per heavy atom. The van der Waals surface area contributed by atoms with Crippen molar-refractivity contribution in [3.63, 3.8) is 0 Å². The molecule has 6 nitrogen and oxygen atoms in total. The Morgan fingerprint density at radius 2 is 1.81 bits per heavy atom. The van der Waals surface area contributed by atoms with Gasteiger partial charge in [-0.15, -0.1) is 24.0 Å². The van der Waals surface area contributed by atoms with Crippen molar-refractivity contribution in [2.45, 2.75) is 64.4 Å². The van der Waals surface area contributed by atoms with Gasteiger partial charge in [0, 0.05) is 45.9 Å². The second kappa shape index (κ2) is 16.8. The number of guanidine groups is 1. The van der Waals surface area contributed by atoms with Gasteiger partial charge >= 0.3 is 0 Å². The summed E-state index contributed by atoms with van der Waals surface area (Å²) >= 11 is 0. The number of hydrogen-bond donors (Lipinski definition) is 2. The Kier molecular flexibility index (Phi) is 15.5. The van der Waals surface area contributed by atoms with Crippen LogP contribution in [0, 0.1) is 0 Å². The maximum atomic E-state index is 6.05. The molecule has 1 saturated carbocycles. The van der Waals surface area contributed by atoms with E-state index < -0.39 is 0 Å². The van der Waals surface area contributed by atoms with Crippen LogP contribution in [0.15, 0.2) is 4.99 Å². The number of morpholine rings is 1. The zero-order valence-corrected chi connectivity index (χ0v) is 19.5. The highest BCUT2D eigenvalue weighted by Gasteiger charge is 2.12. The molecule has 2 N–H and O–H groups in total. The van der Waals surface area contributed by atoms with Crippen molar-refractivity contribution in [1.29, 1.82) is 0 Å². The van der Waals surface area contributed by atoms with Gasteiger partial charge in [0.2, 0.25) is 0 Å². The van der Waals surface area contributed by atoms with E-state index in [4.69, 9.17) is 14.5 Å². The summed E-state index contributed by atoms with van der Waals surface area (Å²) in [6.07, 6.45) is 10.7. The van der Waals surface area contributed by atoms with Gasteiger partial charge in [-0.25, -0.2) is 0 Å². The molecule has 0 amide bonds. The minimum atomic E-state index is 0. The van der Waals surface area contributed by atoms with Crippen molar-refractivity contribution in [3.8, 4) is 0 Å². The molecule has 0 aromatic rings. The number of ether oxygens (including phenoxy) is 2. The number of unbranched alkanes of at least 4 members (excludes halogenated alkanes) is 1. The fourth-order valence-electron chi connectivity index (χ4n) is 3.56. The standard InChI is InChI=1S/C20H40N4O2.HI/c1-2-21-20(23-12-13-24-14-17-25-18-15-24)22-11-7-8-16-26-19-9-5-3-4-6-10-19;/h19H,2-18H2,1H3,(H2,21,22,23);1H. The number of halogens is 1.